The van der Waals surface area contributed by atoms with Gasteiger partial charge in [0.15, 0.2) is 16.6 Å². The van der Waals surface area contributed by atoms with Gasteiger partial charge in [0.2, 0.25) is 0 Å². The third-order valence-electron chi connectivity index (χ3n) is 2.36. The molecule has 0 fully saturated rings. The van der Waals surface area contributed by atoms with Crippen molar-refractivity contribution in [3.8, 4) is 0 Å². The van der Waals surface area contributed by atoms with Crippen LogP contribution in [0.25, 0.3) is 0 Å². The van der Waals surface area contributed by atoms with E-state index in [4.69, 9.17) is 13.6 Å². The van der Waals surface area contributed by atoms with Gasteiger partial charge in [-0.25, -0.2) is 4.79 Å². The van der Waals surface area contributed by atoms with Crippen LogP contribution in [-0.4, -0.2) is 44.4 Å². The molecule has 0 spiro atoms. The van der Waals surface area contributed by atoms with Crippen molar-refractivity contribution in [2.45, 2.75) is 71.1 Å². The SMILES string of the molecule is C=C(C)C(=O)OC(C)CC([SiH3])(O[Si](C)(C)C)O[Si](C)(C)C. The van der Waals surface area contributed by atoms with Crippen LogP contribution in [0.1, 0.15) is 20.3 Å². The molecule has 0 saturated carbocycles. The number of hydrogen-bond donors (Lipinski definition) is 0. The van der Waals surface area contributed by atoms with Crippen LogP contribution >= 0.6 is 0 Å². The Labute approximate surface area is 134 Å². The Kier molecular flexibility index (Phi) is 7.29. The maximum atomic E-state index is 11.6. The molecule has 0 aromatic rings. The number of esters is 1. The highest BCUT2D eigenvalue weighted by atomic mass is 28.4. The molecule has 21 heavy (non-hydrogen) atoms. The zero-order valence-corrected chi connectivity index (χ0v) is 19.1. The first-order chi connectivity index (χ1) is 9.14. The minimum atomic E-state index is -1.75. The van der Waals surface area contributed by atoms with Crippen molar-refractivity contribution in [2.24, 2.45) is 0 Å². The molecule has 1 unspecified atom stereocenters. The summed E-state index contributed by atoms with van der Waals surface area (Å²) < 4.78 is 18.0. The lowest BCUT2D eigenvalue weighted by atomic mass is 10.2. The quantitative estimate of drug-likeness (QED) is 0.293. The number of carbonyl (C=O) groups excluding carboxylic acids is 1. The summed E-state index contributed by atoms with van der Waals surface area (Å²) in [6.07, 6.45) is 0.326. The van der Waals surface area contributed by atoms with E-state index >= 15 is 0 Å². The second kappa shape index (κ2) is 7.36. The summed E-state index contributed by atoms with van der Waals surface area (Å²) in [6.45, 7) is 20.0. The molecule has 0 aromatic carbocycles. The van der Waals surface area contributed by atoms with E-state index in [0.29, 0.717) is 12.0 Å². The molecule has 0 aliphatic rings. The highest BCUT2D eigenvalue weighted by Crippen LogP contribution is 2.27. The van der Waals surface area contributed by atoms with E-state index in [1.54, 1.807) is 6.92 Å². The normalized spacial score (nSPS) is 14.9. The van der Waals surface area contributed by atoms with Gasteiger partial charge in [0.25, 0.3) is 0 Å². The zero-order valence-electron chi connectivity index (χ0n) is 15.1. The van der Waals surface area contributed by atoms with E-state index in [0.717, 1.165) is 10.2 Å². The van der Waals surface area contributed by atoms with Crippen molar-refractivity contribution < 1.29 is 18.4 Å². The maximum Gasteiger partial charge on any atom is 0.333 e. The van der Waals surface area contributed by atoms with Crippen molar-refractivity contribution in [2.75, 3.05) is 0 Å². The molecule has 0 aliphatic heterocycles. The molecule has 0 rings (SSSR count). The molecular formula is C14H32O4Si3. The van der Waals surface area contributed by atoms with E-state index < -0.39 is 22.0 Å². The molecule has 0 saturated heterocycles. The number of rotatable bonds is 8. The second-order valence-electron chi connectivity index (χ2n) is 7.76. The summed E-state index contributed by atoms with van der Waals surface area (Å²) in [6, 6.07) is 0. The summed E-state index contributed by atoms with van der Waals surface area (Å²) in [5, 5.41) is 0. The van der Waals surface area contributed by atoms with Gasteiger partial charge in [0.1, 0.15) is 11.5 Å². The lowest BCUT2D eigenvalue weighted by molar-refractivity contribution is -0.149. The van der Waals surface area contributed by atoms with Crippen molar-refractivity contribution in [1.29, 1.82) is 0 Å². The predicted octanol–water partition coefficient (Wildman–Crippen LogP) is 2.61. The van der Waals surface area contributed by atoms with Crippen LogP contribution in [0.5, 0.6) is 0 Å². The summed E-state index contributed by atoms with van der Waals surface area (Å²) >= 11 is 0. The smallest absolute Gasteiger partial charge is 0.333 e. The maximum absolute atomic E-state index is 11.6. The van der Waals surface area contributed by atoms with Gasteiger partial charge < -0.3 is 13.6 Å². The molecule has 0 amide bonds. The van der Waals surface area contributed by atoms with E-state index in [2.05, 4.69) is 45.9 Å². The van der Waals surface area contributed by atoms with Crippen LogP contribution in [0.4, 0.5) is 0 Å². The molecule has 0 aliphatic carbocycles. The van der Waals surface area contributed by atoms with E-state index in [-0.39, 0.29) is 12.1 Å². The highest BCUT2D eigenvalue weighted by molar-refractivity contribution is 6.71. The van der Waals surface area contributed by atoms with Crippen LogP contribution in [-0.2, 0) is 18.4 Å². The highest BCUT2D eigenvalue weighted by Gasteiger charge is 2.38. The van der Waals surface area contributed by atoms with Gasteiger partial charge in [-0.3, -0.25) is 0 Å². The zero-order chi connectivity index (χ0) is 17.1. The van der Waals surface area contributed by atoms with E-state index in [9.17, 15) is 4.79 Å². The molecule has 0 radical (unpaired) electrons. The fraction of sp³-hybridized carbons (Fsp3) is 0.786. The Bertz CT molecular complexity index is 367. The first-order valence-corrected chi connectivity index (χ1v) is 15.2. The molecule has 0 heterocycles. The monoisotopic (exact) mass is 348 g/mol. The lowest BCUT2D eigenvalue weighted by Crippen LogP contribution is -2.52. The third-order valence-corrected chi connectivity index (χ3v) is 6.08. The predicted molar refractivity (Wildman–Crippen MR) is 96.5 cm³/mol. The molecule has 7 heteroatoms. The number of ether oxygens (including phenoxy) is 1. The Hall–Kier alpha value is -0.219. The Morgan fingerprint density at radius 3 is 1.81 bits per heavy atom. The minimum absolute atomic E-state index is 0.251. The van der Waals surface area contributed by atoms with Gasteiger partial charge >= 0.3 is 5.97 Å². The number of carbonyl (C=O) groups is 1. The number of hydrogen-bond acceptors (Lipinski definition) is 4. The topological polar surface area (TPSA) is 44.8 Å². The van der Waals surface area contributed by atoms with Gasteiger partial charge in [-0.15, -0.1) is 0 Å². The van der Waals surface area contributed by atoms with Crippen LogP contribution in [0.15, 0.2) is 12.2 Å². The fourth-order valence-electron chi connectivity index (χ4n) is 2.25. The fourth-order valence-corrected chi connectivity index (χ4v) is 9.42. The summed E-state index contributed by atoms with van der Waals surface area (Å²) in [5.41, 5.74) is -0.165. The van der Waals surface area contributed by atoms with Gasteiger partial charge in [-0.1, -0.05) is 6.58 Å². The van der Waals surface area contributed by atoms with Gasteiger partial charge in [0, 0.05) is 12.0 Å². The minimum Gasteiger partial charge on any atom is -0.459 e. The molecule has 0 bridgehead atoms. The van der Waals surface area contributed by atoms with Crippen LogP contribution < -0.4 is 0 Å². The summed E-state index contributed by atoms with van der Waals surface area (Å²) in [7, 11) is -2.76. The Morgan fingerprint density at radius 1 is 1.14 bits per heavy atom. The standard InChI is InChI=1S/C14H32O4Si3/c1-11(2)13(15)16-12(3)10-14(19,17-20(4,5)6)18-21(7,8)9/h12H,1,10H2,2-9,19H3. The van der Waals surface area contributed by atoms with E-state index in [1.807, 2.05) is 6.92 Å². The lowest BCUT2D eigenvalue weighted by Gasteiger charge is -2.42. The average molecular weight is 349 g/mol. The largest absolute Gasteiger partial charge is 0.459 e. The van der Waals surface area contributed by atoms with Crippen molar-refractivity contribution in [3.63, 3.8) is 0 Å². The van der Waals surface area contributed by atoms with E-state index in [1.165, 1.54) is 0 Å². The summed E-state index contributed by atoms with van der Waals surface area (Å²) in [4.78, 5) is 11.6. The summed E-state index contributed by atoms with van der Waals surface area (Å²) in [5.74, 6) is -0.354. The first kappa shape index (κ1) is 20.8. The molecule has 124 valence electrons. The van der Waals surface area contributed by atoms with Gasteiger partial charge in [0.05, 0.1) is 10.2 Å². The van der Waals surface area contributed by atoms with Crippen LogP contribution in [0.3, 0.4) is 0 Å². The average Bonchev–Trinajstić information content (AvgIpc) is 2.08. The first-order valence-electron chi connectivity index (χ1n) is 7.40. The molecule has 0 N–H and O–H groups in total. The van der Waals surface area contributed by atoms with Crippen LogP contribution in [0, 0.1) is 0 Å². The van der Waals surface area contributed by atoms with Crippen molar-refractivity contribution in [1.82, 2.24) is 0 Å². The molecular weight excluding hydrogens is 316 g/mol. The van der Waals surface area contributed by atoms with Crippen molar-refractivity contribution in [3.05, 3.63) is 12.2 Å². The van der Waals surface area contributed by atoms with Crippen molar-refractivity contribution >= 4 is 32.8 Å². The molecule has 4 nitrogen and oxygen atoms in total. The molecule has 1 atom stereocenters. The van der Waals surface area contributed by atoms with Crippen LogP contribution in [0.2, 0.25) is 39.3 Å². The van der Waals surface area contributed by atoms with Gasteiger partial charge in [-0.2, -0.15) is 0 Å². The van der Waals surface area contributed by atoms with Gasteiger partial charge in [-0.05, 0) is 53.1 Å². The molecule has 0 aromatic heterocycles. The third kappa shape index (κ3) is 10.2. The second-order valence-corrected chi connectivity index (χ2v) is 18.1. The Balaban J connectivity index is 4.98. The Morgan fingerprint density at radius 2 is 1.52 bits per heavy atom.